The third-order valence-electron chi connectivity index (χ3n) is 8.45. The number of H-pyrrole nitrogens is 1. The molecule has 0 atom stereocenters. The van der Waals surface area contributed by atoms with Crippen molar-refractivity contribution in [3.8, 4) is 17.1 Å². The molecule has 0 bridgehead atoms. The van der Waals surface area contributed by atoms with Gasteiger partial charge in [-0.2, -0.15) is 0 Å². The number of aromatic nitrogens is 5. The van der Waals surface area contributed by atoms with Crippen LogP contribution in [-0.2, 0) is 24.1 Å². The van der Waals surface area contributed by atoms with E-state index in [1.54, 1.807) is 41.4 Å². The minimum atomic E-state index is -3.74. The lowest BCUT2D eigenvalue weighted by Crippen LogP contribution is -2.33. The zero-order valence-electron chi connectivity index (χ0n) is 23.9. The van der Waals surface area contributed by atoms with Gasteiger partial charge in [-0.1, -0.05) is 12.1 Å². The zero-order chi connectivity index (χ0) is 29.2. The van der Waals surface area contributed by atoms with Gasteiger partial charge in [-0.15, -0.1) is 0 Å². The number of aromatic amines is 1. The van der Waals surface area contributed by atoms with E-state index < -0.39 is 10.0 Å². The van der Waals surface area contributed by atoms with Crippen LogP contribution in [0.1, 0.15) is 18.4 Å². The molecular formula is C31H33N7O3S. The number of sulfonamides is 1. The third kappa shape index (κ3) is 4.36. The summed E-state index contributed by atoms with van der Waals surface area (Å²) in [5, 5.41) is 1.02. The van der Waals surface area contributed by atoms with E-state index in [1.807, 2.05) is 29.0 Å². The first-order chi connectivity index (χ1) is 20.2. The predicted molar refractivity (Wildman–Crippen MR) is 166 cm³/mol. The number of rotatable bonds is 7. The van der Waals surface area contributed by atoms with E-state index in [1.165, 1.54) is 0 Å². The van der Waals surface area contributed by atoms with Crippen LogP contribution in [0.5, 0.6) is 0 Å². The van der Waals surface area contributed by atoms with Crippen LogP contribution in [0.4, 0.5) is 0 Å². The highest BCUT2D eigenvalue weighted by Crippen LogP contribution is 2.35. The first-order valence-electron chi connectivity index (χ1n) is 14.2. The number of nitrogens with one attached hydrogen (secondary N) is 2. The number of nitrogens with zero attached hydrogens (tertiary/aromatic N) is 5. The van der Waals surface area contributed by atoms with Crippen LogP contribution in [0.2, 0.25) is 0 Å². The van der Waals surface area contributed by atoms with Crippen LogP contribution in [0, 0.1) is 6.92 Å². The highest BCUT2D eigenvalue weighted by Gasteiger charge is 2.22. The van der Waals surface area contributed by atoms with Crippen molar-refractivity contribution < 1.29 is 8.42 Å². The molecule has 42 heavy (non-hydrogen) atoms. The Labute approximate surface area is 243 Å². The summed E-state index contributed by atoms with van der Waals surface area (Å²) in [6.45, 7) is 5.13. The second kappa shape index (κ2) is 9.97. The SMILES string of the molecule is Cc1ccc2c(-c3nc4ccc(S(=O)(=O)NCCN5CCCC5)cc4n3-c3ccc4c(c3)n(C)c(=O)n4C)c[nH]c2c1. The summed E-state index contributed by atoms with van der Waals surface area (Å²) in [5.41, 5.74) is 6.62. The Morgan fingerprint density at radius 1 is 0.929 bits per heavy atom. The van der Waals surface area contributed by atoms with E-state index in [4.69, 9.17) is 4.98 Å². The summed E-state index contributed by atoms with van der Waals surface area (Å²) in [6, 6.07) is 17.1. The molecule has 0 spiro atoms. The van der Waals surface area contributed by atoms with Crippen molar-refractivity contribution >= 4 is 43.0 Å². The van der Waals surface area contributed by atoms with Crippen molar-refractivity contribution in [3.05, 3.63) is 76.8 Å². The molecule has 3 aromatic heterocycles. The molecule has 0 unspecified atom stereocenters. The average Bonchev–Trinajstić information content (AvgIpc) is 3.76. The van der Waals surface area contributed by atoms with Crippen LogP contribution >= 0.6 is 0 Å². The number of fused-ring (bicyclic) bond motifs is 3. The van der Waals surface area contributed by atoms with Crippen molar-refractivity contribution in [1.29, 1.82) is 0 Å². The molecule has 11 heteroatoms. The van der Waals surface area contributed by atoms with Gasteiger partial charge in [0.1, 0.15) is 5.82 Å². The van der Waals surface area contributed by atoms with Crippen molar-refractivity contribution in [2.45, 2.75) is 24.7 Å². The largest absolute Gasteiger partial charge is 0.360 e. The molecule has 1 aliphatic heterocycles. The lowest BCUT2D eigenvalue weighted by molar-refractivity contribution is 0.344. The standard InChI is InChI=1S/C31H33N7O3S/c1-20-6-9-23-24(19-32-26(23)16-20)30-34-25-10-8-22(42(40,41)33-12-15-37-13-4-5-14-37)18-28(25)38(30)21-7-11-27-29(17-21)36(3)31(39)35(27)2/h6-11,16-19,32-33H,4-5,12-15H2,1-3H3. The molecule has 6 aromatic rings. The molecule has 1 aliphatic rings. The minimum absolute atomic E-state index is 0.113. The van der Waals surface area contributed by atoms with E-state index in [-0.39, 0.29) is 10.6 Å². The van der Waals surface area contributed by atoms with Gasteiger partial charge in [0.2, 0.25) is 10.0 Å². The Bertz CT molecular complexity index is 2160. The molecule has 4 heterocycles. The van der Waals surface area contributed by atoms with E-state index >= 15 is 0 Å². The van der Waals surface area contributed by atoms with Crippen molar-refractivity contribution in [1.82, 2.24) is 33.3 Å². The Kier molecular flexibility index (Phi) is 6.34. The molecule has 3 aromatic carbocycles. The first-order valence-corrected chi connectivity index (χ1v) is 15.7. The molecule has 0 saturated carbocycles. The van der Waals surface area contributed by atoms with Gasteiger partial charge in [0.25, 0.3) is 0 Å². The summed E-state index contributed by atoms with van der Waals surface area (Å²) in [6.07, 6.45) is 4.26. The van der Waals surface area contributed by atoms with E-state index in [0.717, 1.165) is 64.7 Å². The number of hydrogen-bond donors (Lipinski definition) is 2. The molecule has 1 fully saturated rings. The topological polar surface area (TPSA) is 110 Å². The van der Waals surface area contributed by atoms with Crippen LogP contribution in [0.3, 0.4) is 0 Å². The van der Waals surface area contributed by atoms with E-state index in [9.17, 15) is 13.2 Å². The van der Waals surface area contributed by atoms with Crippen molar-refractivity contribution in [2.24, 2.45) is 14.1 Å². The normalized spacial score (nSPS) is 14.6. The molecule has 2 N–H and O–H groups in total. The molecule has 0 amide bonds. The summed E-state index contributed by atoms with van der Waals surface area (Å²) in [4.78, 5) is 23.5. The highest BCUT2D eigenvalue weighted by molar-refractivity contribution is 7.89. The molecule has 1 saturated heterocycles. The van der Waals surface area contributed by atoms with Gasteiger partial charge in [-0.3, -0.25) is 13.7 Å². The summed E-state index contributed by atoms with van der Waals surface area (Å²) < 4.78 is 34.8. The Morgan fingerprint density at radius 3 is 2.52 bits per heavy atom. The smallest absolute Gasteiger partial charge is 0.328 e. The van der Waals surface area contributed by atoms with Crippen LogP contribution < -0.4 is 10.4 Å². The minimum Gasteiger partial charge on any atom is -0.360 e. The molecule has 0 radical (unpaired) electrons. The second-order valence-electron chi connectivity index (χ2n) is 11.2. The number of imidazole rings is 2. The maximum absolute atomic E-state index is 13.4. The maximum Gasteiger partial charge on any atom is 0.328 e. The molecule has 7 rings (SSSR count). The summed E-state index contributed by atoms with van der Waals surface area (Å²) >= 11 is 0. The van der Waals surface area contributed by atoms with Crippen molar-refractivity contribution in [3.63, 3.8) is 0 Å². The summed E-state index contributed by atoms with van der Waals surface area (Å²) in [5.74, 6) is 0.678. The predicted octanol–water partition coefficient (Wildman–Crippen LogP) is 4.05. The molecule has 216 valence electrons. The van der Waals surface area contributed by atoms with Crippen LogP contribution in [0.15, 0.2) is 70.5 Å². The molecular weight excluding hydrogens is 550 g/mol. The van der Waals surface area contributed by atoms with Gasteiger partial charge in [0.05, 0.1) is 27.0 Å². The van der Waals surface area contributed by atoms with Gasteiger partial charge < -0.3 is 9.88 Å². The molecule has 0 aliphatic carbocycles. The second-order valence-corrected chi connectivity index (χ2v) is 13.0. The fraction of sp³-hybridized carbons (Fsp3) is 0.290. The van der Waals surface area contributed by atoms with Gasteiger partial charge in [-0.25, -0.2) is 22.9 Å². The fourth-order valence-corrected chi connectivity index (χ4v) is 7.19. The van der Waals surface area contributed by atoms with E-state index in [2.05, 4.69) is 39.7 Å². The van der Waals surface area contributed by atoms with Crippen LogP contribution in [-0.4, -0.2) is 63.2 Å². The Morgan fingerprint density at radius 2 is 1.71 bits per heavy atom. The average molecular weight is 584 g/mol. The van der Waals surface area contributed by atoms with Gasteiger partial charge in [0.15, 0.2) is 0 Å². The number of likely N-dealkylation sites (tertiary alicyclic amines) is 1. The van der Waals surface area contributed by atoms with Gasteiger partial charge in [0, 0.05) is 55.5 Å². The Balaban J connectivity index is 1.40. The quantitative estimate of drug-likeness (QED) is 0.295. The van der Waals surface area contributed by atoms with Crippen LogP contribution in [0.25, 0.3) is 50.0 Å². The lowest BCUT2D eigenvalue weighted by atomic mass is 10.1. The third-order valence-corrected chi connectivity index (χ3v) is 9.91. The van der Waals surface area contributed by atoms with Gasteiger partial charge >= 0.3 is 5.69 Å². The maximum atomic E-state index is 13.4. The fourth-order valence-electron chi connectivity index (χ4n) is 6.15. The number of aryl methyl sites for hydroxylation is 3. The highest BCUT2D eigenvalue weighted by atomic mass is 32.2. The number of hydrogen-bond acceptors (Lipinski definition) is 5. The van der Waals surface area contributed by atoms with Crippen molar-refractivity contribution in [2.75, 3.05) is 26.2 Å². The number of benzene rings is 3. The summed E-state index contributed by atoms with van der Waals surface area (Å²) in [7, 11) is -0.237. The Hall–Kier alpha value is -4.19. The monoisotopic (exact) mass is 583 g/mol. The van der Waals surface area contributed by atoms with E-state index in [0.29, 0.717) is 29.9 Å². The first kappa shape index (κ1) is 26.7. The van der Waals surface area contributed by atoms with Gasteiger partial charge in [-0.05, 0) is 80.9 Å². The molecule has 10 nitrogen and oxygen atoms in total. The zero-order valence-corrected chi connectivity index (χ0v) is 24.7. The lowest BCUT2D eigenvalue weighted by Gasteiger charge is -2.15.